The number of carbonyl (C=O) groups is 1. The summed E-state index contributed by atoms with van der Waals surface area (Å²) in [6, 6.07) is 8.48. The highest BCUT2D eigenvalue weighted by Gasteiger charge is 2.23. The minimum atomic E-state index is 0.206. The molecule has 2 heteroatoms. The fraction of sp³-hybridized carbons (Fsp3) is 0.500. The number of benzene rings is 1. The van der Waals surface area contributed by atoms with Crippen molar-refractivity contribution in [1.29, 1.82) is 0 Å². The Labute approximate surface area is 97.3 Å². The lowest BCUT2D eigenvalue weighted by Crippen LogP contribution is -2.39. The van der Waals surface area contributed by atoms with Crippen molar-refractivity contribution in [3.63, 3.8) is 0 Å². The van der Waals surface area contributed by atoms with Crippen LogP contribution >= 0.6 is 0 Å². The summed E-state index contributed by atoms with van der Waals surface area (Å²) in [4.78, 5) is 13.8. The third-order valence-electron chi connectivity index (χ3n) is 3.41. The van der Waals surface area contributed by atoms with Gasteiger partial charge in [0.1, 0.15) is 5.78 Å². The van der Waals surface area contributed by atoms with E-state index in [0.717, 1.165) is 19.6 Å². The second-order valence-corrected chi connectivity index (χ2v) is 4.78. The molecule has 1 fully saturated rings. The van der Waals surface area contributed by atoms with Crippen molar-refractivity contribution in [2.75, 3.05) is 13.1 Å². The molecule has 0 aliphatic carbocycles. The van der Waals surface area contributed by atoms with Gasteiger partial charge in [0.25, 0.3) is 0 Å². The van der Waals surface area contributed by atoms with Gasteiger partial charge in [0, 0.05) is 32.0 Å². The predicted octanol–water partition coefficient (Wildman–Crippen LogP) is 2.41. The smallest absolute Gasteiger partial charge is 0.138 e. The van der Waals surface area contributed by atoms with E-state index in [0.29, 0.717) is 12.2 Å². The molecule has 1 saturated heterocycles. The van der Waals surface area contributed by atoms with E-state index in [1.54, 1.807) is 0 Å². The van der Waals surface area contributed by atoms with Crippen LogP contribution in [0.5, 0.6) is 0 Å². The molecule has 0 aromatic heterocycles. The van der Waals surface area contributed by atoms with Crippen LogP contribution in [0.3, 0.4) is 0 Å². The molecular weight excluding hydrogens is 198 g/mol. The minimum Gasteiger partial charge on any atom is -0.299 e. The Balaban J connectivity index is 2.01. The van der Waals surface area contributed by atoms with Gasteiger partial charge in [-0.25, -0.2) is 0 Å². The fourth-order valence-corrected chi connectivity index (χ4v) is 2.27. The first kappa shape index (κ1) is 11.3. The topological polar surface area (TPSA) is 20.3 Å². The summed E-state index contributed by atoms with van der Waals surface area (Å²) in [6.07, 6.45) is 0.715. The van der Waals surface area contributed by atoms with E-state index in [4.69, 9.17) is 0 Å². The summed E-state index contributed by atoms with van der Waals surface area (Å²) in [5, 5.41) is 0. The first-order valence-corrected chi connectivity index (χ1v) is 5.96. The number of hydrogen-bond donors (Lipinski definition) is 0. The van der Waals surface area contributed by atoms with Gasteiger partial charge in [-0.3, -0.25) is 9.69 Å². The SMILES string of the molecule is Cc1ccccc1CN1CCC(=O)C(C)C1. The number of Topliss-reactive ketones (excluding diaryl/α,β-unsaturated/α-hetero) is 1. The minimum absolute atomic E-state index is 0.206. The van der Waals surface area contributed by atoms with Crippen molar-refractivity contribution in [3.05, 3.63) is 35.4 Å². The molecule has 1 aliphatic rings. The zero-order valence-electron chi connectivity index (χ0n) is 10.1. The second kappa shape index (κ2) is 4.79. The largest absolute Gasteiger partial charge is 0.299 e. The Morgan fingerprint density at radius 2 is 2.12 bits per heavy atom. The molecule has 1 atom stereocenters. The van der Waals surface area contributed by atoms with Gasteiger partial charge < -0.3 is 0 Å². The quantitative estimate of drug-likeness (QED) is 0.758. The first-order valence-electron chi connectivity index (χ1n) is 5.96. The summed E-state index contributed by atoms with van der Waals surface area (Å²) in [6.45, 7) is 6.98. The maximum Gasteiger partial charge on any atom is 0.138 e. The van der Waals surface area contributed by atoms with Crippen LogP contribution < -0.4 is 0 Å². The molecule has 1 aliphatic heterocycles. The molecule has 1 aromatic rings. The molecule has 1 unspecified atom stereocenters. The van der Waals surface area contributed by atoms with Gasteiger partial charge in [0.15, 0.2) is 0 Å². The number of piperidine rings is 1. The van der Waals surface area contributed by atoms with Crippen LogP contribution in [-0.4, -0.2) is 23.8 Å². The number of nitrogens with zero attached hydrogens (tertiary/aromatic N) is 1. The average molecular weight is 217 g/mol. The molecule has 0 spiro atoms. The van der Waals surface area contributed by atoms with Crippen molar-refractivity contribution in [2.24, 2.45) is 5.92 Å². The van der Waals surface area contributed by atoms with Crippen LogP contribution in [0.4, 0.5) is 0 Å². The van der Waals surface area contributed by atoms with Crippen molar-refractivity contribution in [1.82, 2.24) is 4.90 Å². The summed E-state index contributed by atoms with van der Waals surface area (Å²) in [7, 11) is 0. The Morgan fingerprint density at radius 3 is 2.81 bits per heavy atom. The molecule has 2 rings (SSSR count). The molecule has 16 heavy (non-hydrogen) atoms. The second-order valence-electron chi connectivity index (χ2n) is 4.78. The van der Waals surface area contributed by atoms with E-state index in [9.17, 15) is 4.79 Å². The Bertz CT molecular complexity index is 386. The van der Waals surface area contributed by atoms with E-state index in [-0.39, 0.29) is 5.92 Å². The van der Waals surface area contributed by atoms with Gasteiger partial charge in [-0.2, -0.15) is 0 Å². The number of aryl methyl sites for hydroxylation is 1. The van der Waals surface area contributed by atoms with Gasteiger partial charge in [-0.05, 0) is 18.1 Å². The van der Waals surface area contributed by atoms with E-state index in [2.05, 4.69) is 36.1 Å². The van der Waals surface area contributed by atoms with E-state index >= 15 is 0 Å². The first-order chi connectivity index (χ1) is 7.66. The van der Waals surface area contributed by atoms with Crippen LogP contribution in [0.25, 0.3) is 0 Å². The number of hydrogen-bond acceptors (Lipinski definition) is 2. The predicted molar refractivity (Wildman–Crippen MR) is 65.2 cm³/mol. The summed E-state index contributed by atoms with van der Waals surface area (Å²) in [5.74, 6) is 0.624. The molecule has 1 heterocycles. The standard InChI is InChI=1S/C14H19NO/c1-11-5-3-4-6-13(11)10-15-8-7-14(16)12(2)9-15/h3-6,12H,7-10H2,1-2H3. The number of likely N-dealkylation sites (tertiary alicyclic amines) is 1. The van der Waals surface area contributed by atoms with Gasteiger partial charge in [0.05, 0.1) is 0 Å². The van der Waals surface area contributed by atoms with Crippen LogP contribution in [0.15, 0.2) is 24.3 Å². The third kappa shape index (κ3) is 2.50. The lowest BCUT2D eigenvalue weighted by molar-refractivity contribution is -0.125. The van der Waals surface area contributed by atoms with Crippen LogP contribution in [0, 0.1) is 12.8 Å². The van der Waals surface area contributed by atoms with Crippen molar-refractivity contribution < 1.29 is 4.79 Å². The molecule has 0 amide bonds. The van der Waals surface area contributed by atoms with E-state index < -0.39 is 0 Å². The van der Waals surface area contributed by atoms with Gasteiger partial charge in [0.2, 0.25) is 0 Å². The Morgan fingerprint density at radius 1 is 1.38 bits per heavy atom. The molecule has 0 N–H and O–H groups in total. The summed E-state index contributed by atoms with van der Waals surface area (Å²) >= 11 is 0. The van der Waals surface area contributed by atoms with E-state index in [1.165, 1.54) is 11.1 Å². The van der Waals surface area contributed by atoms with Gasteiger partial charge in [-0.15, -0.1) is 0 Å². The van der Waals surface area contributed by atoms with Crippen LogP contribution in [0.1, 0.15) is 24.5 Å². The van der Waals surface area contributed by atoms with Crippen molar-refractivity contribution in [2.45, 2.75) is 26.8 Å². The van der Waals surface area contributed by atoms with Crippen molar-refractivity contribution in [3.8, 4) is 0 Å². The molecular formula is C14H19NO. The lowest BCUT2D eigenvalue weighted by Gasteiger charge is -2.30. The molecule has 0 bridgehead atoms. The van der Waals surface area contributed by atoms with Gasteiger partial charge >= 0.3 is 0 Å². The molecule has 0 radical (unpaired) electrons. The molecule has 2 nitrogen and oxygen atoms in total. The fourth-order valence-electron chi connectivity index (χ4n) is 2.27. The highest BCUT2D eigenvalue weighted by atomic mass is 16.1. The van der Waals surface area contributed by atoms with Crippen molar-refractivity contribution >= 4 is 5.78 Å². The monoisotopic (exact) mass is 217 g/mol. The zero-order valence-corrected chi connectivity index (χ0v) is 10.1. The zero-order chi connectivity index (χ0) is 11.5. The Hall–Kier alpha value is -1.15. The molecule has 1 aromatic carbocycles. The molecule has 0 saturated carbocycles. The third-order valence-corrected chi connectivity index (χ3v) is 3.41. The van der Waals surface area contributed by atoms with Gasteiger partial charge in [-0.1, -0.05) is 31.2 Å². The Kier molecular flexibility index (Phi) is 3.39. The highest BCUT2D eigenvalue weighted by Crippen LogP contribution is 2.17. The summed E-state index contributed by atoms with van der Waals surface area (Å²) in [5.41, 5.74) is 2.72. The highest BCUT2D eigenvalue weighted by molar-refractivity contribution is 5.81. The summed E-state index contributed by atoms with van der Waals surface area (Å²) < 4.78 is 0. The van der Waals surface area contributed by atoms with E-state index in [1.807, 2.05) is 6.92 Å². The maximum atomic E-state index is 11.4. The van der Waals surface area contributed by atoms with Crippen LogP contribution in [-0.2, 0) is 11.3 Å². The number of ketones is 1. The van der Waals surface area contributed by atoms with Crippen LogP contribution in [0.2, 0.25) is 0 Å². The number of rotatable bonds is 2. The number of carbonyl (C=O) groups excluding carboxylic acids is 1. The lowest BCUT2D eigenvalue weighted by atomic mass is 9.97. The normalized spacial score (nSPS) is 22.4. The molecule has 86 valence electrons. The average Bonchev–Trinajstić information content (AvgIpc) is 2.27. The maximum absolute atomic E-state index is 11.4.